The predicted octanol–water partition coefficient (Wildman–Crippen LogP) is 2.75. The fraction of sp³-hybridized carbons (Fsp3) is 0.273. The van der Waals surface area contributed by atoms with Gasteiger partial charge in [0.15, 0.2) is 0 Å². The largest absolute Gasteiger partial charge is 0.477 e. The van der Waals surface area contributed by atoms with Gasteiger partial charge in [-0.2, -0.15) is 0 Å². The normalized spacial score (nSPS) is 12.5. The fourth-order valence-corrected chi connectivity index (χ4v) is 2.84. The van der Waals surface area contributed by atoms with Gasteiger partial charge in [0.2, 0.25) is 0 Å². The van der Waals surface area contributed by atoms with E-state index in [1.807, 2.05) is 18.4 Å². The summed E-state index contributed by atoms with van der Waals surface area (Å²) in [5.41, 5.74) is 0. The Morgan fingerprint density at radius 2 is 2.41 bits per heavy atom. The molecular weight excluding hydrogens is 256 g/mol. The number of rotatable bonds is 5. The van der Waals surface area contributed by atoms with Gasteiger partial charge in [-0.05, 0) is 19.1 Å². The molecule has 4 nitrogen and oxygen atoms in total. The molecule has 6 heteroatoms. The minimum atomic E-state index is -0.866. The number of carbonyl (C=O) groups is 1. The Morgan fingerprint density at radius 1 is 1.59 bits per heavy atom. The maximum Gasteiger partial charge on any atom is 0.345 e. The molecule has 2 heterocycles. The lowest BCUT2D eigenvalue weighted by molar-refractivity contribution is 0.0702. The van der Waals surface area contributed by atoms with E-state index in [1.54, 1.807) is 23.6 Å². The topological polar surface area (TPSA) is 62.2 Å². The van der Waals surface area contributed by atoms with E-state index in [-0.39, 0.29) is 6.04 Å². The summed E-state index contributed by atoms with van der Waals surface area (Å²) in [6.45, 7) is 2.71. The minimum Gasteiger partial charge on any atom is -0.477 e. The second-order valence-corrected chi connectivity index (χ2v) is 5.64. The Balaban J connectivity index is 1.91. The van der Waals surface area contributed by atoms with Crippen LogP contribution in [-0.2, 0) is 6.54 Å². The van der Waals surface area contributed by atoms with Gasteiger partial charge in [0.25, 0.3) is 0 Å². The van der Waals surface area contributed by atoms with Crippen LogP contribution in [0.5, 0.6) is 0 Å². The first-order valence-electron chi connectivity index (χ1n) is 5.11. The number of thiophene rings is 1. The molecule has 0 aliphatic rings. The molecule has 90 valence electrons. The zero-order valence-corrected chi connectivity index (χ0v) is 10.8. The molecule has 0 aromatic carbocycles. The summed E-state index contributed by atoms with van der Waals surface area (Å²) in [7, 11) is 0. The summed E-state index contributed by atoms with van der Waals surface area (Å²) in [4.78, 5) is 16.3. The number of aromatic carboxylic acids is 1. The zero-order chi connectivity index (χ0) is 12.3. The molecule has 2 aromatic rings. The Morgan fingerprint density at radius 3 is 3.00 bits per heavy atom. The summed E-state index contributed by atoms with van der Waals surface area (Å²) in [6, 6.07) is 3.67. The fourth-order valence-electron chi connectivity index (χ4n) is 1.38. The van der Waals surface area contributed by atoms with Gasteiger partial charge in [0.1, 0.15) is 9.88 Å². The van der Waals surface area contributed by atoms with E-state index in [2.05, 4.69) is 10.3 Å². The van der Waals surface area contributed by atoms with Gasteiger partial charge in [-0.1, -0.05) is 0 Å². The summed E-state index contributed by atoms with van der Waals surface area (Å²) in [5.74, 6) is -0.866. The predicted molar refractivity (Wildman–Crippen MR) is 68.6 cm³/mol. The Hall–Kier alpha value is -1.24. The number of hydrogen-bond acceptors (Lipinski definition) is 5. The lowest BCUT2D eigenvalue weighted by Crippen LogP contribution is -2.17. The third-order valence-corrected chi connectivity index (χ3v) is 4.31. The minimum absolute atomic E-state index is 0.186. The molecule has 0 spiro atoms. The Bertz CT molecular complexity index is 493. The second-order valence-electron chi connectivity index (χ2n) is 3.54. The number of hydrogen-bond donors (Lipinski definition) is 2. The molecule has 1 atom stereocenters. The van der Waals surface area contributed by atoms with Gasteiger partial charge < -0.3 is 10.4 Å². The maximum absolute atomic E-state index is 10.7. The van der Waals surface area contributed by atoms with Gasteiger partial charge in [-0.25, -0.2) is 9.78 Å². The molecule has 0 aliphatic carbocycles. The molecular formula is C11H12N2O2S2. The van der Waals surface area contributed by atoms with E-state index < -0.39 is 5.97 Å². The van der Waals surface area contributed by atoms with Crippen LogP contribution in [0.2, 0.25) is 0 Å². The first-order valence-corrected chi connectivity index (χ1v) is 6.81. The van der Waals surface area contributed by atoms with Gasteiger partial charge in [0.05, 0.1) is 6.04 Å². The molecule has 0 radical (unpaired) electrons. The standard InChI is InChI=1S/C11H12N2O2S2/c1-7(10-12-4-5-16-10)13-6-8-2-3-9(17-8)11(14)15/h2-5,7,13H,6H2,1H3,(H,14,15). The molecule has 17 heavy (non-hydrogen) atoms. The first kappa shape index (κ1) is 12.2. The number of carboxylic acid groups (broad SMARTS) is 1. The third-order valence-electron chi connectivity index (χ3n) is 2.28. The summed E-state index contributed by atoms with van der Waals surface area (Å²) < 4.78 is 0. The van der Waals surface area contributed by atoms with E-state index in [4.69, 9.17) is 5.11 Å². The smallest absolute Gasteiger partial charge is 0.345 e. The average molecular weight is 268 g/mol. The summed E-state index contributed by atoms with van der Waals surface area (Å²) in [6.07, 6.45) is 1.78. The van der Waals surface area contributed by atoms with Crippen LogP contribution in [-0.4, -0.2) is 16.1 Å². The van der Waals surface area contributed by atoms with Gasteiger partial charge in [0, 0.05) is 23.0 Å². The number of thiazole rings is 1. The highest BCUT2D eigenvalue weighted by Crippen LogP contribution is 2.19. The van der Waals surface area contributed by atoms with Crippen molar-refractivity contribution in [3.8, 4) is 0 Å². The Labute approximate surface area is 107 Å². The van der Waals surface area contributed by atoms with Crippen LogP contribution >= 0.6 is 22.7 Å². The molecule has 0 amide bonds. The molecule has 1 unspecified atom stereocenters. The van der Waals surface area contributed by atoms with E-state index in [1.165, 1.54) is 11.3 Å². The van der Waals surface area contributed by atoms with Crippen molar-refractivity contribution < 1.29 is 9.90 Å². The number of nitrogens with one attached hydrogen (secondary N) is 1. The van der Waals surface area contributed by atoms with Crippen LogP contribution in [0.25, 0.3) is 0 Å². The third kappa shape index (κ3) is 3.12. The zero-order valence-electron chi connectivity index (χ0n) is 9.21. The summed E-state index contributed by atoms with van der Waals surface area (Å²) in [5, 5.41) is 15.1. The lowest BCUT2D eigenvalue weighted by atomic mass is 10.3. The van der Waals surface area contributed by atoms with Crippen LogP contribution in [0, 0.1) is 0 Å². The monoisotopic (exact) mass is 268 g/mol. The van der Waals surface area contributed by atoms with Crippen LogP contribution in [0.4, 0.5) is 0 Å². The highest BCUT2D eigenvalue weighted by molar-refractivity contribution is 7.13. The van der Waals surface area contributed by atoms with Crippen molar-refractivity contribution in [3.63, 3.8) is 0 Å². The molecule has 0 aliphatic heterocycles. The SMILES string of the molecule is CC(NCc1ccc(C(=O)O)s1)c1nccs1. The summed E-state index contributed by atoms with van der Waals surface area (Å²) >= 11 is 2.91. The van der Waals surface area contributed by atoms with E-state index in [0.717, 1.165) is 9.88 Å². The molecule has 0 bridgehead atoms. The molecule has 0 saturated carbocycles. The van der Waals surface area contributed by atoms with Crippen LogP contribution in [0.15, 0.2) is 23.7 Å². The molecule has 2 aromatic heterocycles. The van der Waals surface area contributed by atoms with Gasteiger partial charge in [-0.3, -0.25) is 0 Å². The highest BCUT2D eigenvalue weighted by atomic mass is 32.1. The van der Waals surface area contributed by atoms with E-state index >= 15 is 0 Å². The highest BCUT2D eigenvalue weighted by Gasteiger charge is 2.10. The van der Waals surface area contributed by atoms with Crippen molar-refractivity contribution in [3.05, 3.63) is 38.5 Å². The quantitative estimate of drug-likeness (QED) is 0.875. The van der Waals surface area contributed by atoms with E-state index in [9.17, 15) is 4.79 Å². The first-order chi connectivity index (χ1) is 8.16. The maximum atomic E-state index is 10.7. The molecule has 2 rings (SSSR count). The van der Waals surface area contributed by atoms with Crippen molar-refractivity contribution in [2.75, 3.05) is 0 Å². The van der Waals surface area contributed by atoms with Crippen molar-refractivity contribution in [2.24, 2.45) is 0 Å². The van der Waals surface area contributed by atoms with Gasteiger partial charge >= 0.3 is 5.97 Å². The molecule has 2 N–H and O–H groups in total. The second kappa shape index (κ2) is 5.39. The van der Waals surface area contributed by atoms with Crippen molar-refractivity contribution in [1.29, 1.82) is 0 Å². The van der Waals surface area contributed by atoms with Crippen molar-refractivity contribution >= 4 is 28.6 Å². The number of aromatic nitrogens is 1. The lowest BCUT2D eigenvalue weighted by Gasteiger charge is -2.09. The number of carboxylic acids is 1. The van der Waals surface area contributed by atoms with Crippen molar-refractivity contribution in [1.82, 2.24) is 10.3 Å². The molecule has 0 saturated heterocycles. The van der Waals surface area contributed by atoms with Gasteiger partial charge in [-0.15, -0.1) is 22.7 Å². The van der Waals surface area contributed by atoms with Crippen LogP contribution in [0.1, 0.15) is 32.5 Å². The Kier molecular flexibility index (Phi) is 3.88. The molecule has 0 fully saturated rings. The van der Waals surface area contributed by atoms with Crippen molar-refractivity contribution in [2.45, 2.75) is 19.5 Å². The van der Waals surface area contributed by atoms with E-state index in [0.29, 0.717) is 11.4 Å². The van der Waals surface area contributed by atoms with Crippen LogP contribution in [0.3, 0.4) is 0 Å². The average Bonchev–Trinajstić information content (AvgIpc) is 2.97. The number of nitrogens with zero attached hydrogens (tertiary/aromatic N) is 1. The van der Waals surface area contributed by atoms with Crippen LogP contribution < -0.4 is 5.32 Å².